The van der Waals surface area contributed by atoms with Crippen LogP contribution in [0.3, 0.4) is 0 Å². The van der Waals surface area contributed by atoms with Crippen LogP contribution < -0.4 is 5.32 Å². The summed E-state index contributed by atoms with van der Waals surface area (Å²) in [6, 6.07) is 3.54. The second-order valence-corrected chi connectivity index (χ2v) is 4.34. The number of rotatable bonds is 6. The first-order valence-corrected chi connectivity index (χ1v) is 6.01. The van der Waals surface area contributed by atoms with E-state index >= 15 is 0 Å². The van der Waals surface area contributed by atoms with Crippen molar-refractivity contribution < 1.29 is 14.7 Å². The molecule has 0 aliphatic heterocycles. The van der Waals surface area contributed by atoms with E-state index in [2.05, 4.69) is 26.2 Å². The molecule has 92 valence electrons. The molecule has 1 heterocycles. The number of carboxylic acid groups (broad SMARTS) is 1. The molecular formula is C11H13BrN2O3. The van der Waals surface area contributed by atoms with Crippen LogP contribution >= 0.6 is 15.9 Å². The number of anilines is 1. The minimum absolute atomic E-state index is 0.0978. The topological polar surface area (TPSA) is 79.3 Å². The second kappa shape index (κ2) is 7.01. The molecule has 1 aromatic heterocycles. The van der Waals surface area contributed by atoms with Crippen LogP contribution in [-0.4, -0.2) is 22.0 Å². The molecule has 0 saturated heterocycles. The maximum absolute atomic E-state index is 11.5. The van der Waals surface area contributed by atoms with Crippen LogP contribution in [0.1, 0.15) is 25.7 Å². The van der Waals surface area contributed by atoms with E-state index in [0.29, 0.717) is 25.1 Å². The summed E-state index contributed by atoms with van der Waals surface area (Å²) < 4.78 is 0.721. The number of pyridine rings is 1. The summed E-state index contributed by atoms with van der Waals surface area (Å²) >= 11 is 3.27. The number of nitrogens with zero attached hydrogens (tertiary/aromatic N) is 1. The van der Waals surface area contributed by atoms with Gasteiger partial charge in [0.2, 0.25) is 5.91 Å². The normalized spacial score (nSPS) is 9.94. The first kappa shape index (κ1) is 13.6. The number of hydrogen-bond acceptors (Lipinski definition) is 3. The number of aromatic nitrogens is 1. The Balaban J connectivity index is 2.30. The molecule has 2 N–H and O–H groups in total. The van der Waals surface area contributed by atoms with Crippen molar-refractivity contribution >= 4 is 33.6 Å². The molecule has 1 aromatic rings. The minimum atomic E-state index is -0.835. The van der Waals surface area contributed by atoms with Gasteiger partial charge in [0.1, 0.15) is 5.82 Å². The molecule has 0 spiro atoms. The molecular weight excluding hydrogens is 288 g/mol. The molecule has 0 fully saturated rings. The average Bonchev–Trinajstić information content (AvgIpc) is 2.27. The maximum atomic E-state index is 11.5. The number of aliphatic carboxylic acids is 1. The summed E-state index contributed by atoms with van der Waals surface area (Å²) in [6.45, 7) is 0. The second-order valence-electron chi connectivity index (χ2n) is 3.48. The summed E-state index contributed by atoms with van der Waals surface area (Å²) in [5, 5.41) is 11.1. The fourth-order valence-electron chi connectivity index (χ4n) is 1.23. The van der Waals surface area contributed by atoms with Gasteiger partial charge in [0.25, 0.3) is 0 Å². The number of carbonyl (C=O) groups is 2. The quantitative estimate of drug-likeness (QED) is 0.791. The summed E-state index contributed by atoms with van der Waals surface area (Å²) in [7, 11) is 0. The van der Waals surface area contributed by atoms with Crippen molar-refractivity contribution in [1.29, 1.82) is 0 Å². The molecule has 0 aliphatic carbocycles. The van der Waals surface area contributed by atoms with E-state index in [0.717, 1.165) is 4.47 Å². The van der Waals surface area contributed by atoms with Crippen molar-refractivity contribution in [3.05, 3.63) is 22.8 Å². The molecule has 0 unspecified atom stereocenters. The zero-order chi connectivity index (χ0) is 12.7. The number of hydrogen-bond donors (Lipinski definition) is 2. The third kappa shape index (κ3) is 5.44. The van der Waals surface area contributed by atoms with Gasteiger partial charge in [-0.1, -0.05) is 0 Å². The lowest BCUT2D eigenvalue weighted by Crippen LogP contribution is -2.12. The lowest BCUT2D eigenvalue weighted by atomic mass is 10.2. The Morgan fingerprint density at radius 3 is 2.71 bits per heavy atom. The molecule has 5 nitrogen and oxygen atoms in total. The number of amides is 1. The van der Waals surface area contributed by atoms with E-state index in [9.17, 15) is 9.59 Å². The zero-order valence-corrected chi connectivity index (χ0v) is 10.7. The van der Waals surface area contributed by atoms with E-state index in [1.54, 1.807) is 18.3 Å². The molecule has 0 bridgehead atoms. The Morgan fingerprint density at radius 1 is 1.35 bits per heavy atom. The zero-order valence-electron chi connectivity index (χ0n) is 9.15. The van der Waals surface area contributed by atoms with E-state index < -0.39 is 5.97 Å². The molecule has 1 amide bonds. The maximum Gasteiger partial charge on any atom is 0.303 e. The third-order valence-electron chi connectivity index (χ3n) is 2.06. The van der Waals surface area contributed by atoms with Gasteiger partial charge in [-0.2, -0.15) is 0 Å². The summed E-state index contributed by atoms with van der Waals surface area (Å²) in [6.07, 6.45) is 3.05. The molecule has 0 saturated carbocycles. The SMILES string of the molecule is O=C(O)CCCCC(=O)Nc1ncccc1Br. The lowest BCUT2D eigenvalue weighted by Gasteiger charge is -2.05. The molecule has 6 heteroatoms. The highest BCUT2D eigenvalue weighted by molar-refractivity contribution is 9.10. The van der Waals surface area contributed by atoms with Gasteiger partial charge in [-0.25, -0.2) is 4.98 Å². The fraction of sp³-hybridized carbons (Fsp3) is 0.364. The Labute approximate surface area is 107 Å². The van der Waals surface area contributed by atoms with Gasteiger partial charge in [0.05, 0.1) is 4.47 Å². The van der Waals surface area contributed by atoms with Crippen molar-refractivity contribution in [3.8, 4) is 0 Å². The number of unbranched alkanes of at least 4 members (excludes halogenated alkanes) is 1. The van der Waals surface area contributed by atoms with Crippen LogP contribution in [0.25, 0.3) is 0 Å². The van der Waals surface area contributed by atoms with Gasteiger partial charge in [-0.3, -0.25) is 9.59 Å². The molecule has 1 rings (SSSR count). The average molecular weight is 301 g/mol. The summed E-state index contributed by atoms with van der Waals surface area (Å²) in [5.41, 5.74) is 0. The van der Waals surface area contributed by atoms with Gasteiger partial charge in [0, 0.05) is 19.0 Å². The first-order chi connectivity index (χ1) is 8.09. The molecule has 0 radical (unpaired) electrons. The predicted octanol–water partition coefficient (Wildman–Crippen LogP) is 2.43. The van der Waals surface area contributed by atoms with Gasteiger partial charge >= 0.3 is 5.97 Å². The highest BCUT2D eigenvalue weighted by Gasteiger charge is 2.06. The summed E-state index contributed by atoms with van der Waals surface area (Å²) in [4.78, 5) is 25.8. The van der Waals surface area contributed by atoms with E-state index in [1.165, 1.54) is 0 Å². The monoisotopic (exact) mass is 300 g/mol. The first-order valence-electron chi connectivity index (χ1n) is 5.22. The van der Waals surface area contributed by atoms with E-state index in [4.69, 9.17) is 5.11 Å². The van der Waals surface area contributed by atoms with Crippen molar-refractivity contribution in [2.75, 3.05) is 5.32 Å². The number of carbonyl (C=O) groups excluding carboxylic acids is 1. The van der Waals surface area contributed by atoms with Crippen molar-refractivity contribution in [2.45, 2.75) is 25.7 Å². The largest absolute Gasteiger partial charge is 0.481 e. The Kier molecular flexibility index (Phi) is 5.62. The number of nitrogens with one attached hydrogen (secondary N) is 1. The van der Waals surface area contributed by atoms with Crippen LogP contribution in [0.2, 0.25) is 0 Å². The molecule has 17 heavy (non-hydrogen) atoms. The Bertz CT molecular complexity index is 409. The van der Waals surface area contributed by atoms with Gasteiger partial charge < -0.3 is 10.4 Å². The number of carboxylic acids is 1. The third-order valence-corrected chi connectivity index (χ3v) is 2.70. The van der Waals surface area contributed by atoms with Gasteiger partial charge in [-0.05, 0) is 40.9 Å². The van der Waals surface area contributed by atoms with Crippen molar-refractivity contribution in [3.63, 3.8) is 0 Å². The smallest absolute Gasteiger partial charge is 0.303 e. The summed E-state index contributed by atoms with van der Waals surface area (Å²) in [5.74, 6) is -0.511. The Morgan fingerprint density at radius 2 is 2.06 bits per heavy atom. The molecule has 0 atom stereocenters. The van der Waals surface area contributed by atoms with Gasteiger partial charge in [0.15, 0.2) is 0 Å². The standard InChI is InChI=1S/C11H13BrN2O3/c12-8-4-3-7-13-11(8)14-9(15)5-1-2-6-10(16)17/h3-4,7H,1-2,5-6H2,(H,16,17)(H,13,14,15). The molecule has 0 aromatic carbocycles. The Hall–Kier alpha value is -1.43. The minimum Gasteiger partial charge on any atom is -0.481 e. The molecule has 0 aliphatic rings. The predicted molar refractivity (Wildman–Crippen MR) is 66.7 cm³/mol. The number of halogens is 1. The van der Waals surface area contributed by atoms with Crippen LogP contribution in [0.4, 0.5) is 5.82 Å². The lowest BCUT2D eigenvalue weighted by molar-refractivity contribution is -0.137. The highest BCUT2D eigenvalue weighted by atomic mass is 79.9. The van der Waals surface area contributed by atoms with E-state index in [-0.39, 0.29) is 12.3 Å². The van der Waals surface area contributed by atoms with Crippen LogP contribution in [0.5, 0.6) is 0 Å². The van der Waals surface area contributed by atoms with E-state index in [1.807, 2.05) is 0 Å². The van der Waals surface area contributed by atoms with Gasteiger partial charge in [-0.15, -0.1) is 0 Å². The fourth-order valence-corrected chi connectivity index (χ4v) is 1.59. The van der Waals surface area contributed by atoms with Crippen molar-refractivity contribution in [2.24, 2.45) is 0 Å². The van der Waals surface area contributed by atoms with Crippen molar-refractivity contribution in [1.82, 2.24) is 4.98 Å². The van der Waals surface area contributed by atoms with Crippen LogP contribution in [0.15, 0.2) is 22.8 Å². The highest BCUT2D eigenvalue weighted by Crippen LogP contribution is 2.18. The van der Waals surface area contributed by atoms with Crippen LogP contribution in [-0.2, 0) is 9.59 Å². The van der Waals surface area contributed by atoms with Crippen LogP contribution in [0, 0.1) is 0 Å².